The van der Waals surface area contributed by atoms with Crippen LogP contribution in [0.4, 0.5) is 0 Å². The second-order valence-corrected chi connectivity index (χ2v) is 5.35. The van der Waals surface area contributed by atoms with Crippen molar-refractivity contribution < 1.29 is 20.4 Å². The molecule has 116 valence electrons. The fraction of sp³-hybridized carbons (Fsp3) is 0.714. The van der Waals surface area contributed by atoms with Crippen molar-refractivity contribution in [1.29, 1.82) is 0 Å². The molecule has 0 fully saturated rings. The van der Waals surface area contributed by atoms with Gasteiger partial charge in [0, 0.05) is 37.7 Å². The number of nitrogens with zero attached hydrogens (tertiary/aromatic N) is 2. The number of aliphatic hydroxyl groups excluding tert-OH is 4. The summed E-state index contributed by atoms with van der Waals surface area (Å²) >= 11 is 0. The van der Waals surface area contributed by atoms with E-state index < -0.39 is 6.10 Å². The molecule has 0 aromatic carbocycles. The van der Waals surface area contributed by atoms with Crippen molar-refractivity contribution in [3.8, 4) is 0 Å². The molecule has 0 aliphatic heterocycles. The average molecular weight is 286 g/mol. The maximum Gasteiger partial charge on any atom is 0.116 e. The van der Waals surface area contributed by atoms with E-state index >= 15 is 0 Å². The van der Waals surface area contributed by atoms with E-state index in [1.165, 1.54) is 0 Å². The molecule has 0 aromatic heterocycles. The number of likely N-dealkylation sites (N-methyl/N-ethyl adjacent to an activating group) is 2. The third kappa shape index (κ3) is 5.22. The first-order chi connectivity index (χ1) is 9.47. The highest BCUT2D eigenvalue weighted by molar-refractivity contribution is 5.32. The first-order valence-corrected chi connectivity index (χ1v) is 6.86. The van der Waals surface area contributed by atoms with Gasteiger partial charge in [0.05, 0.1) is 19.3 Å². The monoisotopic (exact) mass is 286 g/mol. The largest absolute Gasteiger partial charge is 0.508 e. The zero-order chi connectivity index (χ0) is 15.1. The van der Waals surface area contributed by atoms with Gasteiger partial charge in [-0.1, -0.05) is 0 Å². The van der Waals surface area contributed by atoms with E-state index in [0.717, 1.165) is 0 Å². The Bertz CT molecular complexity index is 357. The molecule has 0 amide bonds. The lowest BCUT2D eigenvalue weighted by Gasteiger charge is -2.28. The predicted octanol–water partition coefficient (Wildman–Crippen LogP) is -0.806. The number of rotatable bonds is 8. The van der Waals surface area contributed by atoms with Crippen LogP contribution in [0.5, 0.6) is 0 Å². The molecular weight excluding hydrogens is 260 g/mol. The summed E-state index contributed by atoms with van der Waals surface area (Å²) in [5.41, 5.74) is 0.675. The van der Waals surface area contributed by atoms with E-state index in [9.17, 15) is 10.2 Å². The van der Waals surface area contributed by atoms with Gasteiger partial charge in [-0.05, 0) is 26.2 Å². The van der Waals surface area contributed by atoms with Crippen molar-refractivity contribution in [2.45, 2.75) is 6.10 Å². The maximum atomic E-state index is 10.1. The molecule has 0 aromatic rings. The minimum absolute atomic E-state index is 0.0609. The van der Waals surface area contributed by atoms with Crippen LogP contribution in [0.1, 0.15) is 0 Å². The molecule has 4 N–H and O–H groups in total. The lowest BCUT2D eigenvalue weighted by molar-refractivity contribution is 0.130. The van der Waals surface area contributed by atoms with Crippen molar-refractivity contribution >= 4 is 0 Å². The normalized spacial score (nSPS) is 23.1. The molecule has 0 heterocycles. The summed E-state index contributed by atoms with van der Waals surface area (Å²) in [4.78, 5) is 3.79. The van der Waals surface area contributed by atoms with Crippen LogP contribution in [0.2, 0.25) is 0 Å². The Hall–Kier alpha value is -0.920. The highest BCUT2D eigenvalue weighted by Crippen LogP contribution is 2.23. The predicted molar refractivity (Wildman–Crippen MR) is 77.5 cm³/mol. The van der Waals surface area contributed by atoms with Crippen molar-refractivity contribution in [1.82, 2.24) is 9.80 Å². The Balaban J connectivity index is 2.61. The van der Waals surface area contributed by atoms with Gasteiger partial charge in [-0.15, -0.1) is 0 Å². The number of aliphatic hydroxyl groups is 4. The van der Waals surface area contributed by atoms with Crippen LogP contribution in [0.3, 0.4) is 0 Å². The molecular formula is C14H26N2O4. The van der Waals surface area contributed by atoms with Gasteiger partial charge < -0.3 is 25.3 Å². The van der Waals surface area contributed by atoms with E-state index in [4.69, 9.17) is 10.2 Å². The lowest BCUT2D eigenvalue weighted by atomic mass is 9.92. The fourth-order valence-corrected chi connectivity index (χ4v) is 2.28. The highest BCUT2D eigenvalue weighted by Gasteiger charge is 2.24. The molecule has 0 spiro atoms. The van der Waals surface area contributed by atoms with Crippen LogP contribution in [0.25, 0.3) is 0 Å². The second-order valence-electron chi connectivity index (χ2n) is 5.35. The average Bonchev–Trinajstić information content (AvgIpc) is 2.36. The molecule has 2 unspecified atom stereocenters. The van der Waals surface area contributed by atoms with Gasteiger partial charge in [0.1, 0.15) is 5.76 Å². The lowest BCUT2D eigenvalue weighted by Crippen LogP contribution is -2.35. The first kappa shape index (κ1) is 17.1. The van der Waals surface area contributed by atoms with Crippen molar-refractivity contribution in [3.63, 3.8) is 0 Å². The summed E-state index contributed by atoms with van der Waals surface area (Å²) in [6.07, 6.45) is 2.69. The molecule has 1 rings (SSSR count). The van der Waals surface area contributed by atoms with Gasteiger partial charge in [-0.2, -0.15) is 0 Å². The zero-order valence-corrected chi connectivity index (χ0v) is 12.2. The molecule has 6 heteroatoms. The van der Waals surface area contributed by atoms with Gasteiger partial charge in [-0.25, -0.2) is 0 Å². The van der Waals surface area contributed by atoms with E-state index in [0.29, 0.717) is 31.8 Å². The van der Waals surface area contributed by atoms with Crippen LogP contribution >= 0.6 is 0 Å². The molecule has 1 aliphatic rings. The highest BCUT2D eigenvalue weighted by atomic mass is 16.3. The van der Waals surface area contributed by atoms with Gasteiger partial charge >= 0.3 is 0 Å². The van der Waals surface area contributed by atoms with Crippen molar-refractivity contribution in [2.24, 2.45) is 5.92 Å². The summed E-state index contributed by atoms with van der Waals surface area (Å²) in [6.45, 7) is 2.24. The fourth-order valence-electron chi connectivity index (χ4n) is 2.28. The van der Waals surface area contributed by atoms with Crippen LogP contribution in [-0.2, 0) is 0 Å². The second kappa shape index (κ2) is 8.39. The smallest absolute Gasteiger partial charge is 0.116 e. The van der Waals surface area contributed by atoms with Crippen LogP contribution in [0, 0.1) is 5.92 Å². The summed E-state index contributed by atoms with van der Waals surface area (Å²) in [5, 5.41) is 37.9. The zero-order valence-electron chi connectivity index (χ0n) is 12.2. The number of hydrogen-bond donors (Lipinski definition) is 4. The third-order valence-corrected chi connectivity index (χ3v) is 3.44. The Morgan fingerprint density at radius 2 is 1.65 bits per heavy atom. The minimum atomic E-state index is -0.649. The summed E-state index contributed by atoms with van der Waals surface area (Å²) in [5.74, 6) is 0.000867. The molecule has 0 saturated carbocycles. The maximum absolute atomic E-state index is 10.1. The minimum Gasteiger partial charge on any atom is -0.508 e. The Labute approximate surface area is 120 Å². The third-order valence-electron chi connectivity index (χ3n) is 3.44. The van der Waals surface area contributed by atoms with E-state index in [-0.39, 0.29) is 24.9 Å². The Morgan fingerprint density at radius 1 is 1.05 bits per heavy atom. The molecule has 1 aliphatic carbocycles. The summed E-state index contributed by atoms with van der Waals surface area (Å²) < 4.78 is 0. The summed E-state index contributed by atoms with van der Waals surface area (Å²) in [7, 11) is 3.71. The molecule has 0 radical (unpaired) electrons. The molecule has 20 heavy (non-hydrogen) atoms. The van der Waals surface area contributed by atoms with Crippen molar-refractivity contribution in [3.05, 3.63) is 23.5 Å². The molecule has 0 saturated heterocycles. The topological polar surface area (TPSA) is 87.4 Å². The van der Waals surface area contributed by atoms with Gasteiger partial charge in [-0.3, -0.25) is 4.90 Å². The SMILES string of the molecule is CN(CCO)CC1=CC(O)C(CN(C)CCO)C=C1O. The van der Waals surface area contributed by atoms with Gasteiger partial charge in [0.2, 0.25) is 0 Å². The Morgan fingerprint density at radius 3 is 2.25 bits per heavy atom. The van der Waals surface area contributed by atoms with E-state index in [2.05, 4.69) is 0 Å². The van der Waals surface area contributed by atoms with Gasteiger partial charge in [0.15, 0.2) is 0 Å². The Kier molecular flexibility index (Phi) is 7.18. The van der Waals surface area contributed by atoms with E-state index in [1.54, 1.807) is 12.2 Å². The molecule has 0 bridgehead atoms. The summed E-state index contributed by atoms with van der Waals surface area (Å²) in [6, 6.07) is 0. The van der Waals surface area contributed by atoms with E-state index in [1.807, 2.05) is 23.9 Å². The standard InChI is InChI=1S/C14H26N2O4/c1-15(3-5-17)9-11-7-14(20)12(8-13(11)19)10-16(2)4-6-18/h7-8,11,13,17-20H,3-6,9-10H2,1-2H3. The number of hydrogen-bond acceptors (Lipinski definition) is 6. The molecule has 6 nitrogen and oxygen atoms in total. The molecule has 2 atom stereocenters. The first-order valence-electron chi connectivity index (χ1n) is 6.86. The van der Waals surface area contributed by atoms with Crippen LogP contribution in [-0.4, -0.2) is 89.8 Å². The van der Waals surface area contributed by atoms with Crippen molar-refractivity contribution in [2.75, 3.05) is 53.5 Å². The quantitative estimate of drug-likeness (QED) is 0.467. The van der Waals surface area contributed by atoms with Crippen LogP contribution in [0.15, 0.2) is 23.5 Å². The van der Waals surface area contributed by atoms with Crippen LogP contribution < -0.4 is 0 Å². The van der Waals surface area contributed by atoms with Gasteiger partial charge in [0.25, 0.3) is 0 Å².